The van der Waals surface area contributed by atoms with E-state index in [0.717, 1.165) is 17.4 Å². The molecule has 0 radical (unpaired) electrons. The van der Waals surface area contributed by atoms with Gasteiger partial charge >= 0.3 is 0 Å². The summed E-state index contributed by atoms with van der Waals surface area (Å²) in [5.74, 6) is 0. The van der Waals surface area contributed by atoms with Crippen molar-refractivity contribution in [2.45, 2.75) is 0 Å². The lowest BCUT2D eigenvalue weighted by Gasteiger charge is -1.94. The summed E-state index contributed by atoms with van der Waals surface area (Å²) in [5.41, 5.74) is 7.46. The average molecular weight is 187 g/mol. The Labute approximate surface area is 83.7 Å². The Hall–Kier alpha value is -1.67. The van der Waals surface area contributed by atoms with Crippen molar-refractivity contribution in [1.82, 2.24) is 0 Å². The molecule has 2 heteroatoms. The number of aldehydes is 1. The van der Waals surface area contributed by atoms with Crippen LogP contribution in [0.3, 0.4) is 0 Å². The van der Waals surface area contributed by atoms with Crippen LogP contribution in [0.25, 0.3) is 12.2 Å². The molecule has 72 valence electrons. The van der Waals surface area contributed by atoms with Gasteiger partial charge in [-0.15, -0.1) is 0 Å². The molecule has 0 unspecified atom stereocenters. The van der Waals surface area contributed by atoms with Crippen LogP contribution in [-0.2, 0) is 4.79 Å². The van der Waals surface area contributed by atoms with Gasteiger partial charge in [0.2, 0.25) is 0 Å². The molecule has 2 nitrogen and oxygen atoms in total. The molecule has 14 heavy (non-hydrogen) atoms. The summed E-state index contributed by atoms with van der Waals surface area (Å²) in [6, 6.07) is 7.87. The Morgan fingerprint density at radius 2 is 1.64 bits per heavy atom. The molecule has 0 atom stereocenters. The lowest BCUT2D eigenvalue weighted by Crippen LogP contribution is -1.91. The highest BCUT2D eigenvalue weighted by atomic mass is 16.1. The van der Waals surface area contributed by atoms with Crippen molar-refractivity contribution >= 4 is 18.4 Å². The average Bonchev–Trinajstić information content (AvgIpc) is 2.25. The molecule has 0 saturated carbocycles. The molecular formula is C12H13NO. The zero-order chi connectivity index (χ0) is 10.2. The number of rotatable bonds is 4. The second-order valence-electron chi connectivity index (χ2n) is 2.80. The van der Waals surface area contributed by atoms with E-state index in [4.69, 9.17) is 5.73 Å². The lowest BCUT2D eigenvalue weighted by molar-refractivity contribution is -0.104. The third-order valence-electron chi connectivity index (χ3n) is 1.75. The van der Waals surface area contributed by atoms with Crippen LogP contribution in [0.4, 0.5) is 0 Å². The van der Waals surface area contributed by atoms with Crippen LogP contribution < -0.4 is 5.73 Å². The maximum Gasteiger partial charge on any atom is 0.142 e. The van der Waals surface area contributed by atoms with Gasteiger partial charge < -0.3 is 5.73 Å². The molecule has 1 rings (SSSR count). The predicted octanol–water partition coefficient (Wildman–Crippen LogP) is 1.87. The van der Waals surface area contributed by atoms with Gasteiger partial charge in [0.05, 0.1) is 0 Å². The maximum absolute atomic E-state index is 10.1. The van der Waals surface area contributed by atoms with Crippen molar-refractivity contribution in [3.05, 3.63) is 47.5 Å². The molecular weight excluding hydrogens is 174 g/mol. The van der Waals surface area contributed by atoms with E-state index in [-0.39, 0.29) is 0 Å². The zero-order valence-corrected chi connectivity index (χ0v) is 7.89. The summed E-state index contributed by atoms with van der Waals surface area (Å²) in [5, 5.41) is 0. The third kappa shape index (κ3) is 3.37. The lowest BCUT2D eigenvalue weighted by atomic mass is 10.1. The Morgan fingerprint density at radius 1 is 1.07 bits per heavy atom. The number of carbonyl (C=O) groups is 1. The molecule has 0 fully saturated rings. The first-order valence-electron chi connectivity index (χ1n) is 4.45. The minimum Gasteiger partial charge on any atom is -0.327 e. The number of allylic oxidation sites excluding steroid dienone is 1. The van der Waals surface area contributed by atoms with Crippen LogP contribution in [0, 0.1) is 0 Å². The highest BCUT2D eigenvalue weighted by Gasteiger charge is 1.87. The van der Waals surface area contributed by atoms with E-state index in [1.165, 1.54) is 6.08 Å². The fourth-order valence-corrected chi connectivity index (χ4v) is 1.07. The molecule has 1 aromatic rings. The number of carbonyl (C=O) groups excluding carboxylic acids is 1. The maximum atomic E-state index is 10.1. The highest BCUT2D eigenvalue weighted by Crippen LogP contribution is 2.07. The molecule has 1 aromatic carbocycles. The molecule has 0 saturated heterocycles. The van der Waals surface area contributed by atoms with E-state index in [2.05, 4.69) is 0 Å². The largest absolute Gasteiger partial charge is 0.327 e. The molecule has 0 aliphatic carbocycles. The molecule has 0 amide bonds. The van der Waals surface area contributed by atoms with Crippen molar-refractivity contribution in [2.24, 2.45) is 5.73 Å². The SMILES string of the molecule is NCC=Cc1ccc(/C=C/C=O)cc1. The van der Waals surface area contributed by atoms with Gasteiger partial charge in [0.1, 0.15) is 6.29 Å². The Kier molecular flexibility index (Phi) is 4.38. The van der Waals surface area contributed by atoms with Gasteiger partial charge in [-0.25, -0.2) is 0 Å². The molecule has 0 aromatic heterocycles. The van der Waals surface area contributed by atoms with Crippen LogP contribution in [0.15, 0.2) is 36.4 Å². The Balaban J connectivity index is 2.73. The quantitative estimate of drug-likeness (QED) is 0.577. The minimum absolute atomic E-state index is 0.548. The van der Waals surface area contributed by atoms with Gasteiger partial charge in [0, 0.05) is 6.54 Å². The summed E-state index contributed by atoms with van der Waals surface area (Å²) < 4.78 is 0. The zero-order valence-electron chi connectivity index (χ0n) is 7.89. The van der Waals surface area contributed by atoms with Crippen LogP contribution in [0.5, 0.6) is 0 Å². The van der Waals surface area contributed by atoms with Gasteiger partial charge in [-0.1, -0.05) is 42.5 Å². The normalized spacial score (nSPS) is 11.2. The number of hydrogen-bond donors (Lipinski definition) is 1. The van der Waals surface area contributed by atoms with Gasteiger partial charge in [0.25, 0.3) is 0 Å². The van der Waals surface area contributed by atoms with E-state index >= 15 is 0 Å². The molecule has 0 aliphatic rings. The van der Waals surface area contributed by atoms with Crippen molar-refractivity contribution in [1.29, 1.82) is 0 Å². The van der Waals surface area contributed by atoms with E-state index in [1.807, 2.05) is 36.4 Å². The van der Waals surface area contributed by atoms with E-state index in [1.54, 1.807) is 6.08 Å². The fraction of sp³-hybridized carbons (Fsp3) is 0.0833. The first kappa shape index (κ1) is 10.4. The summed E-state index contributed by atoms with van der Waals surface area (Å²) in [6.45, 7) is 0.548. The van der Waals surface area contributed by atoms with E-state index in [0.29, 0.717) is 6.54 Å². The smallest absolute Gasteiger partial charge is 0.142 e. The first-order chi connectivity index (χ1) is 6.86. The first-order valence-corrected chi connectivity index (χ1v) is 4.45. The molecule has 0 bridgehead atoms. The standard InChI is InChI=1S/C12H13NO/c13-9-1-3-11-5-7-12(8-6-11)4-2-10-14/h1-8,10H,9,13H2/b3-1?,4-2+. The van der Waals surface area contributed by atoms with Gasteiger partial charge in [0.15, 0.2) is 0 Å². The second kappa shape index (κ2) is 5.89. The van der Waals surface area contributed by atoms with Gasteiger partial charge in [-0.2, -0.15) is 0 Å². The van der Waals surface area contributed by atoms with E-state index < -0.39 is 0 Å². The summed E-state index contributed by atoms with van der Waals surface area (Å²) in [7, 11) is 0. The van der Waals surface area contributed by atoms with Crippen LogP contribution >= 0.6 is 0 Å². The highest BCUT2D eigenvalue weighted by molar-refractivity contribution is 5.74. The van der Waals surface area contributed by atoms with E-state index in [9.17, 15) is 4.79 Å². The summed E-state index contributed by atoms with van der Waals surface area (Å²) >= 11 is 0. The van der Waals surface area contributed by atoms with Gasteiger partial charge in [-0.3, -0.25) is 4.79 Å². The molecule has 2 N–H and O–H groups in total. The second-order valence-corrected chi connectivity index (χ2v) is 2.80. The summed E-state index contributed by atoms with van der Waals surface area (Å²) in [6.07, 6.45) is 7.87. The number of nitrogens with two attached hydrogens (primary N) is 1. The number of benzene rings is 1. The fourth-order valence-electron chi connectivity index (χ4n) is 1.07. The van der Waals surface area contributed by atoms with Crippen LogP contribution in [0.1, 0.15) is 11.1 Å². The van der Waals surface area contributed by atoms with Crippen LogP contribution in [-0.4, -0.2) is 12.8 Å². The van der Waals surface area contributed by atoms with Crippen molar-refractivity contribution < 1.29 is 4.79 Å². The monoisotopic (exact) mass is 187 g/mol. The predicted molar refractivity (Wildman–Crippen MR) is 59.6 cm³/mol. The van der Waals surface area contributed by atoms with Crippen LogP contribution in [0.2, 0.25) is 0 Å². The summed E-state index contributed by atoms with van der Waals surface area (Å²) in [4.78, 5) is 10.1. The minimum atomic E-state index is 0.548. The van der Waals surface area contributed by atoms with Crippen molar-refractivity contribution in [3.63, 3.8) is 0 Å². The van der Waals surface area contributed by atoms with Gasteiger partial charge in [-0.05, 0) is 17.2 Å². The third-order valence-corrected chi connectivity index (χ3v) is 1.75. The molecule has 0 spiro atoms. The Bertz CT molecular complexity index is 336. The number of hydrogen-bond acceptors (Lipinski definition) is 2. The molecule has 0 aliphatic heterocycles. The topological polar surface area (TPSA) is 43.1 Å². The molecule has 0 heterocycles. The van der Waals surface area contributed by atoms with Crippen molar-refractivity contribution in [2.75, 3.05) is 6.54 Å². The van der Waals surface area contributed by atoms with Crippen molar-refractivity contribution in [3.8, 4) is 0 Å². The Morgan fingerprint density at radius 3 is 2.14 bits per heavy atom.